The zero-order chi connectivity index (χ0) is 27.8. The standard InChI is InChI=1S/C33H39N3O2/c1-21(2)20-35(31(37)25-14-16-26(17-15-25)33(6,7)8)24(5)30-34-29-12-10-9-11-28(29)32(38)36(30)27-18-13-22(3)23(4)19-27/h9-19,21,24H,20H2,1-8H3. The third-order valence-electron chi connectivity index (χ3n) is 7.21. The number of hydrogen-bond donors (Lipinski definition) is 0. The molecule has 0 fully saturated rings. The van der Waals surface area contributed by atoms with Gasteiger partial charge in [-0.05, 0) is 85.2 Å². The van der Waals surface area contributed by atoms with Gasteiger partial charge in [0.25, 0.3) is 11.5 Å². The van der Waals surface area contributed by atoms with Crippen molar-refractivity contribution in [3.8, 4) is 5.69 Å². The molecule has 1 aromatic heterocycles. The smallest absolute Gasteiger partial charge is 0.266 e. The maximum absolute atomic E-state index is 14.0. The first-order chi connectivity index (χ1) is 17.9. The minimum Gasteiger partial charge on any atom is -0.328 e. The fourth-order valence-electron chi connectivity index (χ4n) is 4.77. The maximum Gasteiger partial charge on any atom is 0.266 e. The van der Waals surface area contributed by atoms with Gasteiger partial charge < -0.3 is 4.90 Å². The summed E-state index contributed by atoms with van der Waals surface area (Å²) < 4.78 is 1.68. The molecule has 0 spiro atoms. The molecule has 0 saturated heterocycles. The molecule has 4 aromatic rings. The topological polar surface area (TPSA) is 55.2 Å². The van der Waals surface area contributed by atoms with Crippen molar-refractivity contribution in [1.29, 1.82) is 0 Å². The highest BCUT2D eigenvalue weighted by atomic mass is 16.2. The number of amides is 1. The molecule has 0 radical (unpaired) electrons. The van der Waals surface area contributed by atoms with Crippen LogP contribution < -0.4 is 5.56 Å². The number of carbonyl (C=O) groups is 1. The minimum absolute atomic E-state index is 0.00371. The molecular formula is C33H39N3O2. The Morgan fingerprint density at radius 3 is 2.18 bits per heavy atom. The number of carbonyl (C=O) groups excluding carboxylic acids is 1. The first-order valence-corrected chi connectivity index (χ1v) is 13.4. The number of nitrogens with zero attached hydrogens (tertiary/aromatic N) is 3. The summed E-state index contributed by atoms with van der Waals surface area (Å²) >= 11 is 0. The summed E-state index contributed by atoms with van der Waals surface area (Å²) in [5.41, 5.74) is 5.31. The molecule has 1 amide bonds. The monoisotopic (exact) mass is 509 g/mol. The fraction of sp³-hybridized carbons (Fsp3) is 0.364. The van der Waals surface area contributed by atoms with Crippen LogP contribution in [0.15, 0.2) is 71.5 Å². The van der Waals surface area contributed by atoms with Crippen LogP contribution in [-0.2, 0) is 5.41 Å². The van der Waals surface area contributed by atoms with E-state index in [-0.39, 0.29) is 22.8 Å². The van der Waals surface area contributed by atoms with E-state index >= 15 is 0 Å². The van der Waals surface area contributed by atoms with Crippen molar-refractivity contribution in [2.75, 3.05) is 6.54 Å². The van der Waals surface area contributed by atoms with E-state index in [4.69, 9.17) is 4.98 Å². The van der Waals surface area contributed by atoms with Gasteiger partial charge in [0.1, 0.15) is 5.82 Å². The predicted molar refractivity (Wildman–Crippen MR) is 156 cm³/mol. The van der Waals surface area contributed by atoms with Crippen molar-refractivity contribution in [3.63, 3.8) is 0 Å². The highest BCUT2D eigenvalue weighted by Gasteiger charge is 2.28. The Balaban J connectivity index is 1.88. The van der Waals surface area contributed by atoms with Crippen LogP contribution in [0, 0.1) is 19.8 Å². The first-order valence-electron chi connectivity index (χ1n) is 13.4. The van der Waals surface area contributed by atoms with Crippen LogP contribution >= 0.6 is 0 Å². The summed E-state index contributed by atoms with van der Waals surface area (Å²) in [6.07, 6.45) is 0. The molecule has 5 nitrogen and oxygen atoms in total. The van der Waals surface area contributed by atoms with E-state index in [1.165, 1.54) is 5.56 Å². The molecule has 0 saturated carbocycles. The van der Waals surface area contributed by atoms with Gasteiger partial charge in [0.15, 0.2) is 0 Å². The Kier molecular flexibility index (Phi) is 7.59. The van der Waals surface area contributed by atoms with Crippen LogP contribution in [0.5, 0.6) is 0 Å². The van der Waals surface area contributed by atoms with Gasteiger partial charge in [-0.2, -0.15) is 0 Å². The van der Waals surface area contributed by atoms with Gasteiger partial charge in [-0.15, -0.1) is 0 Å². The van der Waals surface area contributed by atoms with Gasteiger partial charge in [-0.1, -0.05) is 65.0 Å². The molecule has 1 unspecified atom stereocenters. The van der Waals surface area contributed by atoms with Crippen molar-refractivity contribution >= 4 is 16.8 Å². The van der Waals surface area contributed by atoms with Crippen molar-refractivity contribution in [1.82, 2.24) is 14.5 Å². The Morgan fingerprint density at radius 2 is 1.58 bits per heavy atom. The Labute approximate surface area is 226 Å². The summed E-state index contributed by atoms with van der Waals surface area (Å²) in [6, 6.07) is 20.9. The zero-order valence-corrected chi connectivity index (χ0v) is 23.9. The summed E-state index contributed by atoms with van der Waals surface area (Å²) in [5.74, 6) is 0.718. The van der Waals surface area contributed by atoms with Crippen LogP contribution in [0.25, 0.3) is 16.6 Å². The molecule has 0 aliphatic carbocycles. The van der Waals surface area contributed by atoms with Crippen LogP contribution in [0.4, 0.5) is 0 Å². The average molecular weight is 510 g/mol. The van der Waals surface area contributed by atoms with Gasteiger partial charge in [0.05, 0.1) is 22.6 Å². The molecule has 0 aliphatic rings. The number of hydrogen-bond acceptors (Lipinski definition) is 3. The number of aromatic nitrogens is 2. The number of para-hydroxylation sites is 1. The lowest BCUT2D eigenvalue weighted by Gasteiger charge is -2.32. The van der Waals surface area contributed by atoms with E-state index in [2.05, 4.69) is 41.5 Å². The second-order valence-corrected chi connectivity index (χ2v) is 11.8. The van der Waals surface area contributed by atoms with Crippen molar-refractivity contribution < 1.29 is 4.79 Å². The summed E-state index contributed by atoms with van der Waals surface area (Å²) in [7, 11) is 0. The number of fused-ring (bicyclic) bond motifs is 1. The lowest BCUT2D eigenvalue weighted by Crippen LogP contribution is -2.39. The van der Waals surface area contributed by atoms with Crippen LogP contribution in [0.1, 0.15) is 80.5 Å². The number of aryl methyl sites for hydroxylation is 2. The Bertz CT molecular complexity index is 1530. The molecule has 0 bridgehead atoms. The van der Waals surface area contributed by atoms with Gasteiger partial charge in [0.2, 0.25) is 0 Å². The SMILES string of the molecule is Cc1ccc(-n2c(C(C)N(CC(C)C)C(=O)c3ccc(C(C)(C)C)cc3)nc3ccccc3c2=O)cc1C. The van der Waals surface area contributed by atoms with Crippen molar-refractivity contribution in [2.45, 2.75) is 66.8 Å². The predicted octanol–water partition coefficient (Wildman–Crippen LogP) is 7.16. The highest BCUT2D eigenvalue weighted by Crippen LogP contribution is 2.27. The van der Waals surface area contributed by atoms with Gasteiger partial charge >= 0.3 is 0 Å². The number of benzene rings is 3. The lowest BCUT2D eigenvalue weighted by molar-refractivity contribution is 0.0655. The summed E-state index contributed by atoms with van der Waals surface area (Å²) in [4.78, 5) is 34.7. The van der Waals surface area contributed by atoms with Crippen LogP contribution in [-0.4, -0.2) is 26.9 Å². The van der Waals surface area contributed by atoms with E-state index in [1.807, 2.05) is 85.5 Å². The molecule has 3 aromatic carbocycles. The molecule has 1 heterocycles. The van der Waals surface area contributed by atoms with E-state index in [9.17, 15) is 9.59 Å². The fourth-order valence-corrected chi connectivity index (χ4v) is 4.77. The van der Waals surface area contributed by atoms with E-state index < -0.39 is 6.04 Å². The van der Waals surface area contributed by atoms with Crippen molar-refractivity contribution in [2.24, 2.45) is 5.92 Å². The molecule has 0 aliphatic heterocycles. The van der Waals surface area contributed by atoms with E-state index in [0.29, 0.717) is 28.8 Å². The largest absolute Gasteiger partial charge is 0.328 e. The van der Waals surface area contributed by atoms with Crippen molar-refractivity contribution in [3.05, 3.63) is 105 Å². The normalized spacial score (nSPS) is 12.7. The van der Waals surface area contributed by atoms with Gasteiger partial charge in [-0.3, -0.25) is 14.2 Å². The zero-order valence-electron chi connectivity index (χ0n) is 23.9. The second kappa shape index (κ2) is 10.6. The van der Waals surface area contributed by atoms with Gasteiger partial charge in [-0.25, -0.2) is 4.98 Å². The second-order valence-electron chi connectivity index (χ2n) is 11.8. The molecule has 1 atom stereocenters. The number of rotatable bonds is 6. The molecule has 38 heavy (non-hydrogen) atoms. The minimum atomic E-state index is -0.439. The third kappa shape index (κ3) is 5.42. The van der Waals surface area contributed by atoms with E-state index in [1.54, 1.807) is 4.57 Å². The summed E-state index contributed by atoms with van der Waals surface area (Å²) in [6.45, 7) is 17.3. The lowest BCUT2D eigenvalue weighted by atomic mass is 9.86. The molecule has 5 heteroatoms. The van der Waals surface area contributed by atoms with Crippen LogP contribution in [0.3, 0.4) is 0 Å². The molecule has 4 rings (SSSR count). The maximum atomic E-state index is 14.0. The Morgan fingerprint density at radius 1 is 0.921 bits per heavy atom. The molecular weight excluding hydrogens is 470 g/mol. The summed E-state index contributed by atoms with van der Waals surface area (Å²) in [5, 5.41) is 0.557. The van der Waals surface area contributed by atoms with Gasteiger partial charge in [0, 0.05) is 12.1 Å². The van der Waals surface area contributed by atoms with E-state index in [0.717, 1.165) is 16.8 Å². The average Bonchev–Trinajstić information content (AvgIpc) is 2.87. The molecule has 0 N–H and O–H groups in total. The Hall–Kier alpha value is -3.73. The quantitative estimate of drug-likeness (QED) is 0.277. The van der Waals surface area contributed by atoms with Crippen LogP contribution in [0.2, 0.25) is 0 Å². The first kappa shape index (κ1) is 27.3. The third-order valence-corrected chi connectivity index (χ3v) is 7.21. The highest BCUT2D eigenvalue weighted by molar-refractivity contribution is 5.94. The molecule has 198 valence electrons.